The highest BCUT2D eigenvalue weighted by Gasteiger charge is 2.85. The molecule has 4 aliphatic heterocycles. The Labute approximate surface area is 161 Å². The molecule has 0 spiro atoms. The molecule has 0 radical (unpaired) electrons. The van der Waals surface area contributed by atoms with Crippen LogP contribution in [0.2, 0.25) is 0 Å². The van der Waals surface area contributed by atoms with E-state index in [-0.39, 0.29) is 23.0 Å². The van der Waals surface area contributed by atoms with Crippen LogP contribution in [0.1, 0.15) is 51.7 Å². The standard InChI is InChI=1S/C24H28O3/c1-5-21-17(3)23(19-13-9-7-10-14-19)26-22(21,6-2)18(4)24(25-21,27-23)20-15-11-8-12-16-20/h7-18H,5-6H2,1-4H3/t17-,18+,21-,22-,23-,24-/m1/s1. The normalized spacial score (nSPS) is 44.7. The zero-order valence-corrected chi connectivity index (χ0v) is 16.6. The van der Waals surface area contributed by atoms with E-state index < -0.39 is 11.6 Å². The Hall–Kier alpha value is -1.68. The van der Waals surface area contributed by atoms with Gasteiger partial charge in [0.1, 0.15) is 11.2 Å². The van der Waals surface area contributed by atoms with Crippen LogP contribution in [0.3, 0.4) is 0 Å². The summed E-state index contributed by atoms with van der Waals surface area (Å²) in [5.74, 6) is -1.37. The maximum atomic E-state index is 6.98. The monoisotopic (exact) mass is 364 g/mol. The number of hydrogen-bond donors (Lipinski definition) is 0. The van der Waals surface area contributed by atoms with Crippen LogP contribution in [0.25, 0.3) is 0 Å². The smallest absolute Gasteiger partial charge is 0.204 e. The van der Waals surface area contributed by atoms with Crippen molar-refractivity contribution >= 4 is 0 Å². The molecule has 2 aromatic rings. The van der Waals surface area contributed by atoms with Gasteiger partial charge in [0.05, 0.1) is 0 Å². The zero-order chi connectivity index (χ0) is 18.9. The fourth-order valence-corrected chi connectivity index (χ4v) is 6.29. The SMILES string of the molecule is CC[C@]12O[C@@]3(c4ccccc4)O[C@](c4ccccc4)(O[C@]1(CC)[C@H]3C)[C@H]2C. The summed E-state index contributed by atoms with van der Waals surface area (Å²) in [4.78, 5) is 0. The minimum absolute atomic E-state index is 0.0964. The van der Waals surface area contributed by atoms with E-state index in [0.717, 1.165) is 24.0 Å². The summed E-state index contributed by atoms with van der Waals surface area (Å²) >= 11 is 0. The molecule has 6 rings (SSSR count). The van der Waals surface area contributed by atoms with Crippen molar-refractivity contribution < 1.29 is 14.2 Å². The van der Waals surface area contributed by atoms with Crippen LogP contribution in [0.5, 0.6) is 0 Å². The van der Waals surface area contributed by atoms with E-state index in [2.05, 4.69) is 76.2 Å². The summed E-state index contributed by atoms with van der Waals surface area (Å²) in [5.41, 5.74) is 1.43. The minimum Gasteiger partial charge on any atom is -0.335 e. The van der Waals surface area contributed by atoms with Crippen LogP contribution in [-0.4, -0.2) is 11.2 Å². The molecule has 0 unspecified atom stereocenters. The second-order valence-corrected chi connectivity index (χ2v) is 8.30. The van der Waals surface area contributed by atoms with Gasteiger partial charge in [-0.2, -0.15) is 0 Å². The van der Waals surface area contributed by atoms with E-state index in [9.17, 15) is 0 Å². The molecule has 0 amide bonds. The summed E-state index contributed by atoms with van der Waals surface area (Å²) < 4.78 is 20.9. The molecule has 2 aromatic carbocycles. The average molecular weight is 364 g/mol. The Kier molecular flexibility index (Phi) is 3.51. The topological polar surface area (TPSA) is 27.7 Å². The van der Waals surface area contributed by atoms with Gasteiger partial charge in [-0.3, -0.25) is 0 Å². The third-order valence-corrected chi connectivity index (χ3v) is 7.63. The lowest BCUT2D eigenvalue weighted by Gasteiger charge is -2.52. The third kappa shape index (κ3) is 1.75. The van der Waals surface area contributed by atoms with Gasteiger partial charge in [-0.25, -0.2) is 0 Å². The Bertz CT molecular complexity index is 781. The molecule has 4 aliphatic rings. The van der Waals surface area contributed by atoms with Gasteiger partial charge in [0.15, 0.2) is 0 Å². The first kappa shape index (κ1) is 17.4. The molecule has 27 heavy (non-hydrogen) atoms. The van der Waals surface area contributed by atoms with Crippen molar-refractivity contribution in [3.05, 3.63) is 71.8 Å². The molecular weight excluding hydrogens is 336 g/mol. The molecule has 0 saturated carbocycles. The van der Waals surface area contributed by atoms with E-state index in [1.807, 2.05) is 12.1 Å². The first-order valence-electron chi connectivity index (χ1n) is 10.2. The van der Waals surface area contributed by atoms with Gasteiger partial charge in [-0.1, -0.05) is 88.4 Å². The third-order valence-electron chi connectivity index (χ3n) is 7.63. The van der Waals surface area contributed by atoms with Crippen molar-refractivity contribution in [2.75, 3.05) is 0 Å². The first-order valence-corrected chi connectivity index (χ1v) is 10.2. The Morgan fingerprint density at radius 3 is 1.33 bits per heavy atom. The van der Waals surface area contributed by atoms with Crippen LogP contribution in [0.15, 0.2) is 60.7 Å². The quantitative estimate of drug-likeness (QED) is 0.732. The second kappa shape index (κ2) is 5.44. The Morgan fingerprint density at radius 2 is 1.00 bits per heavy atom. The van der Waals surface area contributed by atoms with E-state index in [4.69, 9.17) is 14.2 Å². The molecule has 0 N–H and O–H groups in total. The average Bonchev–Trinajstić information content (AvgIpc) is 2.98. The van der Waals surface area contributed by atoms with Gasteiger partial charge in [0.25, 0.3) is 0 Å². The molecule has 3 nitrogen and oxygen atoms in total. The van der Waals surface area contributed by atoms with E-state index in [0.29, 0.717) is 0 Å². The largest absolute Gasteiger partial charge is 0.335 e. The zero-order valence-electron chi connectivity index (χ0n) is 16.6. The molecule has 4 saturated heterocycles. The van der Waals surface area contributed by atoms with Crippen LogP contribution < -0.4 is 0 Å². The fraction of sp³-hybridized carbons (Fsp3) is 0.500. The van der Waals surface area contributed by atoms with E-state index in [1.165, 1.54) is 0 Å². The van der Waals surface area contributed by atoms with Crippen LogP contribution in [-0.2, 0) is 25.8 Å². The van der Waals surface area contributed by atoms with Crippen molar-refractivity contribution in [2.45, 2.75) is 63.3 Å². The van der Waals surface area contributed by atoms with Crippen LogP contribution in [0.4, 0.5) is 0 Å². The summed E-state index contributed by atoms with van der Waals surface area (Å²) in [6, 6.07) is 20.8. The highest BCUT2D eigenvalue weighted by molar-refractivity contribution is 5.37. The molecule has 6 atom stereocenters. The van der Waals surface area contributed by atoms with Gasteiger partial charge in [-0.15, -0.1) is 0 Å². The first-order chi connectivity index (χ1) is 13.0. The van der Waals surface area contributed by atoms with Gasteiger partial charge >= 0.3 is 0 Å². The van der Waals surface area contributed by atoms with Crippen molar-refractivity contribution in [3.63, 3.8) is 0 Å². The molecule has 4 heterocycles. The highest BCUT2D eigenvalue weighted by atomic mass is 16.9. The summed E-state index contributed by atoms with van der Waals surface area (Å²) in [5, 5.41) is 0. The summed E-state index contributed by atoms with van der Waals surface area (Å²) in [7, 11) is 0. The minimum atomic E-state index is -0.784. The fourth-order valence-electron chi connectivity index (χ4n) is 6.29. The highest BCUT2D eigenvalue weighted by Crippen LogP contribution is 2.76. The maximum absolute atomic E-state index is 6.98. The van der Waals surface area contributed by atoms with Crippen LogP contribution >= 0.6 is 0 Å². The van der Waals surface area contributed by atoms with Crippen LogP contribution in [0, 0.1) is 11.8 Å². The van der Waals surface area contributed by atoms with Crippen molar-refractivity contribution in [1.82, 2.24) is 0 Å². The maximum Gasteiger partial charge on any atom is 0.204 e. The van der Waals surface area contributed by atoms with Gasteiger partial charge in [-0.05, 0) is 12.8 Å². The van der Waals surface area contributed by atoms with E-state index in [1.54, 1.807) is 0 Å². The van der Waals surface area contributed by atoms with Crippen molar-refractivity contribution in [2.24, 2.45) is 11.8 Å². The van der Waals surface area contributed by atoms with Crippen molar-refractivity contribution in [1.29, 1.82) is 0 Å². The lowest BCUT2D eigenvalue weighted by Crippen LogP contribution is -2.57. The van der Waals surface area contributed by atoms with Gasteiger partial charge in [0.2, 0.25) is 11.6 Å². The summed E-state index contributed by atoms with van der Waals surface area (Å²) in [6.45, 7) is 8.93. The number of hydrogen-bond acceptors (Lipinski definition) is 3. The molecule has 0 aromatic heterocycles. The van der Waals surface area contributed by atoms with Gasteiger partial charge in [0, 0.05) is 23.0 Å². The molecular formula is C24H28O3. The molecule has 0 aliphatic carbocycles. The number of rotatable bonds is 4. The Balaban J connectivity index is 1.79. The molecule has 4 fully saturated rings. The predicted molar refractivity (Wildman–Crippen MR) is 104 cm³/mol. The van der Waals surface area contributed by atoms with E-state index >= 15 is 0 Å². The number of ether oxygens (including phenoxy) is 3. The molecule has 3 heteroatoms. The lowest BCUT2D eigenvalue weighted by molar-refractivity contribution is -0.447. The van der Waals surface area contributed by atoms with Gasteiger partial charge < -0.3 is 14.2 Å². The second-order valence-electron chi connectivity index (χ2n) is 8.30. The van der Waals surface area contributed by atoms with Crippen molar-refractivity contribution in [3.8, 4) is 0 Å². The molecule has 4 bridgehead atoms. The summed E-state index contributed by atoms with van der Waals surface area (Å²) in [6.07, 6.45) is 1.80. The Morgan fingerprint density at radius 1 is 0.630 bits per heavy atom. The number of benzene rings is 2. The molecule has 142 valence electrons. The lowest BCUT2D eigenvalue weighted by atomic mass is 9.68. The predicted octanol–water partition coefficient (Wildman–Crippen LogP) is 5.35.